The van der Waals surface area contributed by atoms with Crippen LogP contribution in [0.4, 0.5) is 0 Å². The van der Waals surface area contributed by atoms with Gasteiger partial charge >= 0.3 is 0 Å². The summed E-state index contributed by atoms with van der Waals surface area (Å²) < 4.78 is 0. The SMILES string of the molecule is C=C(C)c1cccc(C(=C)O)n1. The molecule has 1 N–H and O–H groups in total. The lowest BCUT2D eigenvalue weighted by molar-refractivity contribution is 0.510. The first kappa shape index (κ1) is 8.53. The van der Waals surface area contributed by atoms with E-state index in [2.05, 4.69) is 18.1 Å². The fraction of sp³-hybridized carbons (Fsp3) is 0.100. The molecule has 1 aromatic heterocycles. The Morgan fingerprint density at radius 1 is 1.33 bits per heavy atom. The van der Waals surface area contributed by atoms with Gasteiger partial charge in [0, 0.05) is 0 Å². The van der Waals surface area contributed by atoms with Crippen molar-refractivity contribution in [1.29, 1.82) is 0 Å². The molecule has 0 radical (unpaired) electrons. The molecule has 0 aromatic carbocycles. The predicted molar refractivity (Wildman–Crippen MR) is 50.6 cm³/mol. The van der Waals surface area contributed by atoms with Gasteiger partial charge in [-0.1, -0.05) is 19.2 Å². The molecule has 0 bridgehead atoms. The maximum atomic E-state index is 9.04. The van der Waals surface area contributed by atoms with Crippen LogP contribution in [0.2, 0.25) is 0 Å². The van der Waals surface area contributed by atoms with Crippen molar-refractivity contribution in [1.82, 2.24) is 4.98 Å². The monoisotopic (exact) mass is 161 g/mol. The Balaban J connectivity index is 3.12. The number of aliphatic hydroxyl groups is 1. The number of rotatable bonds is 2. The lowest BCUT2D eigenvalue weighted by Gasteiger charge is -2.01. The number of pyridine rings is 1. The van der Waals surface area contributed by atoms with Crippen molar-refractivity contribution in [2.45, 2.75) is 6.92 Å². The summed E-state index contributed by atoms with van der Waals surface area (Å²) >= 11 is 0. The van der Waals surface area contributed by atoms with Crippen molar-refractivity contribution < 1.29 is 5.11 Å². The first-order chi connectivity index (χ1) is 5.61. The van der Waals surface area contributed by atoms with Crippen LogP contribution in [0.25, 0.3) is 11.3 Å². The molecule has 1 aromatic rings. The molecule has 0 saturated carbocycles. The summed E-state index contributed by atoms with van der Waals surface area (Å²) in [7, 11) is 0. The Bertz CT molecular complexity index is 299. The van der Waals surface area contributed by atoms with E-state index in [4.69, 9.17) is 5.11 Å². The molecule has 0 amide bonds. The maximum absolute atomic E-state index is 9.04. The molecule has 2 heteroatoms. The molecule has 62 valence electrons. The van der Waals surface area contributed by atoms with E-state index in [1.807, 2.05) is 19.1 Å². The summed E-state index contributed by atoms with van der Waals surface area (Å²) in [6.45, 7) is 9.01. The summed E-state index contributed by atoms with van der Waals surface area (Å²) in [5.74, 6) is -0.0156. The van der Waals surface area contributed by atoms with Gasteiger partial charge in [-0.2, -0.15) is 0 Å². The standard InChI is InChI=1S/C10H11NO/c1-7(2)9-5-4-6-10(11-9)8(3)12/h4-6,12H,1,3H2,2H3. The minimum atomic E-state index is -0.0156. The van der Waals surface area contributed by atoms with Crippen molar-refractivity contribution in [3.8, 4) is 0 Å². The lowest BCUT2D eigenvalue weighted by atomic mass is 10.2. The zero-order chi connectivity index (χ0) is 9.14. The van der Waals surface area contributed by atoms with Gasteiger partial charge in [-0.05, 0) is 24.6 Å². The van der Waals surface area contributed by atoms with Crippen LogP contribution in [0.3, 0.4) is 0 Å². The summed E-state index contributed by atoms with van der Waals surface area (Å²) in [5, 5.41) is 9.04. The molecule has 0 saturated heterocycles. The quantitative estimate of drug-likeness (QED) is 0.676. The van der Waals surface area contributed by atoms with Gasteiger partial charge in [-0.25, -0.2) is 4.98 Å². The van der Waals surface area contributed by atoms with E-state index >= 15 is 0 Å². The van der Waals surface area contributed by atoms with E-state index in [1.165, 1.54) is 0 Å². The van der Waals surface area contributed by atoms with Crippen LogP contribution in [-0.4, -0.2) is 10.1 Å². The molecule has 0 atom stereocenters. The highest BCUT2D eigenvalue weighted by atomic mass is 16.3. The van der Waals surface area contributed by atoms with E-state index in [0.717, 1.165) is 11.3 Å². The third-order valence-corrected chi connectivity index (χ3v) is 1.48. The largest absolute Gasteiger partial charge is 0.506 e. The Morgan fingerprint density at radius 2 is 1.92 bits per heavy atom. The summed E-state index contributed by atoms with van der Waals surface area (Å²) in [5.41, 5.74) is 2.15. The lowest BCUT2D eigenvalue weighted by Crippen LogP contribution is -1.91. The van der Waals surface area contributed by atoms with Crippen LogP contribution in [0.15, 0.2) is 31.4 Å². The number of hydrogen-bond donors (Lipinski definition) is 1. The second kappa shape index (κ2) is 3.22. The van der Waals surface area contributed by atoms with E-state index in [1.54, 1.807) is 6.07 Å². The Morgan fingerprint density at radius 3 is 2.42 bits per heavy atom. The molecule has 2 nitrogen and oxygen atoms in total. The summed E-state index contributed by atoms with van der Waals surface area (Å²) in [6.07, 6.45) is 0. The Kier molecular flexibility index (Phi) is 2.29. The minimum absolute atomic E-state index is 0.0156. The molecule has 12 heavy (non-hydrogen) atoms. The van der Waals surface area contributed by atoms with Crippen molar-refractivity contribution in [3.05, 3.63) is 42.7 Å². The van der Waals surface area contributed by atoms with Gasteiger partial charge in [0.05, 0.1) is 5.69 Å². The van der Waals surface area contributed by atoms with Gasteiger partial charge in [0.2, 0.25) is 0 Å². The number of aromatic nitrogens is 1. The van der Waals surface area contributed by atoms with Crippen LogP contribution in [-0.2, 0) is 0 Å². The number of nitrogens with zero attached hydrogens (tertiary/aromatic N) is 1. The van der Waals surface area contributed by atoms with Gasteiger partial charge in [0.15, 0.2) is 0 Å². The van der Waals surface area contributed by atoms with Crippen LogP contribution in [0.5, 0.6) is 0 Å². The molecule has 1 heterocycles. The molecular formula is C10H11NO. The molecule has 0 aliphatic carbocycles. The average Bonchev–Trinajstić information content (AvgIpc) is 2.04. The fourth-order valence-electron chi connectivity index (χ4n) is 0.833. The second-order valence-corrected chi connectivity index (χ2v) is 2.64. The predicted octanol–water partition coefficient (Wildman–Crippen LogP) is 2.64. The van der Waals surface area contributed by atoms with Gasteiger partial charge in [-0.15, -0.1) is 0 Å². The fourth-order valence-corrected chi connectivity index (χ4v) is 0.833. The molecule has 0 aliphatic rings. The smallest absolute Gasteiger partial charge is 0.134 e. The van der Waals surface area contributed by atoms with Crippen molar-refractivity contribution in [3.63, 3.8) is 0 Å². The van der Waals surface area contributed by atoms with Crippen LogP contribution in [0, 0.1) is 0 Å². The van der Waals surface area contributed by atoms with E-state index in [-0.39, 0.29) is 5.76 Å². The van der Waals surface area contributed by atoms with Crippen LogP contribution in [0.1, 0.15) is 18.3 Å². The molecule has 0 spiro atoms. The van der Waals surface area contributed by atoms with Gasteiger partial charge in [0.1, 0.15) is 11.5 Å². The Labute approximate surface area is 71.9 Å². The molecular weight excluding hydrogens is 150 g/mol. The topological polar surface area (TPSA) is 33.1 Å². The highest BCUT2D eigenvalue weighted by Crippen LogP contribution is 2.11. The normalized spacial score (nSPS) is 9.42. The van der Waals surface area contributed by atoms with E-state index in [9.17, 15) is 0 Å². The first-order valence-corrected chi connectivity index (χ1v) is 3.62. The second-order valence-electron chi connectivity index (χ2n) is 2.64. The average molecular weight is 161 g/mol. The third-order valence-electron chi connectivity index (χ3n) is 1.48. The molecule has 0 fully saturated rings. The van der Waals surface area contributed by atoms with E-state index < -0.39 is 0 Å². The summed E-state index contributed by atoms with van der Waals surface area (Å²) in [4.78, 5) is 4.12. The molecule has 0 aliphatic heterocycles. The van der Waals surface area contributed by atoms with Crippen molar-refractivity contribution in [2.24, 2.45) is 0 Å². The van der Waals surface area contributed by atoms with Gasteiger partial charge in [0.25, 0.3) is 0 Å². The number of allylic oxidation sites excluding steroid dienone is 1. The van der Waals surface area contributed by atoms with Gasteiger partial charge < -0.3 is 5.11 Å². The van der Waals surface area contributed by atoms with Crippen LogP contribution >= 0.6 is 0 Å². The van der Waals surface area contributed by atoms with Gasteiger partial charge in [-0.3, -0.25) is 0 Å². The van der Waals surface area contributed by atoms with Crippen molar-refractivity contribution >= 4 is 11.3 Å². The van der Waals surface area contributed by atoms with Crippen LogP contribution < -0.4 is 0 Å². The minimum Gasteiger partial charge on any atom is -0.506 e. The molecule has 1 rings (SSSR count). The third kappa shape index (κ3) is 1.72. The van der Waals surface area contributed by atoms with Crippen molar-refractivity contribution in [2.75, 3.05) is 0 Å². The zero-order valence-corrected chi connectivity index (χ0v) is 7.04. The number of aliphatic hydroxyl groups excluding tert-OH is 1. The Hall–Kier alpha value is -1.57. The molecule has 0 unspecified atom stereocenters. The highest BCUT2D eigenvalue weighted by molar-refractivity contribution is 5.60. The van der Waals surface area contributed by atoms with E-state index in [0.29, 0.717) is 5.69 Å². The maximum Gasteiger partial charge on any atom is 0.134 e. The summed E-state index contributed by atoms with van der Waals surface area (Å²) in [6, 6.07) is 5.36. The number of hydrogen-bond acceptors (Lipinski definition) is 2. The highest BCUT2D eigenvalue weighted by Gasteiger charge is 1.99. The first-order valence-electron chi connectivity index (χ1n) is 3.62. The zero-order valence-electron chi connectivity index (χ0n) is 7.04.